The van der Waals surface area contributed by atoms with Crippen molar-refractivity contribution >= 4 is 0 Å². The molecule has 1 aromatic heterocycles. The molecule has 3 heteroatoms. The molecule has 0 aromatic carbocycles. The first-order chi connectivity index (χ1) is 7.79. The lowest BCUT2D eigenvalue weighted by Crippen LogP contribution is -2.17. The Morgan fingerprint density at radius 3 is 3.00 bits per heavy atom. The molecule has 0 spiro atoms. The molecular formula is C13H22N2O. The van der Waals surface area contributed by atoms with Gasteiger partial charge in [-0.25, -0.2) is 0 Å². The summed E-state index contributed by atoms with van der Waals surface area (Å²) in [5.74, 6) is 0.628. The number of nitrogens with zero attached hydrogens (tertiary/aromatic N) is 1. The van der Waals surface area contributed by atoms with Gasteiger partial charge in [0.1, 0.15) is 0 Å². The van der Waals surface area contributed by atoms with E-state index in [0.717, 1.165) is 32.7 Å². The van der Waals surface area contributed by atoms with Gasteiger partial charge in [-0.1, -0.05) is 19.9 Å². The molecular weight excluding hydrogens is 200 g/mol. The normalized spacial score (nSPS) is 10.9. The van der Waals surface area contributed by atoms with Crippen molar-refractivity contribution in [1.29, 1.82) is 0 Å². The Morgan fingerprint density at radius 2 is 2.31 bits per heavy atom. The fourth-order valence-electron chi connectivity index (χ4n) is 1.35. The Hall–Kier alpha value is -0.930. The monoisotopic (exact) mass is 222 g/mol. The highest BCUT2D eigenvalue weighted by molar-refractivity contribution is 5.07. The molecule has 0 radical (unpaired) electrons. The molecule has 1 aromatic rings. The van der Waals surface area contributed by atoms with E-state index >= 15 is 0 Å². The van der Waals surface area contributed by atoms with Crippen LogP contribution in [0.25, 0.3) is 0 Å². The summed E-state index contributed by atoms with van der Waals surface area (Å²) in [5, 5.41) is 3.37. The van der Waals surface area contributed by atoms with Crippen LogP contribution in [0.5, 0.6) is 0 Å². The fourth-order valence-corrected chi connectivity index (χ4v) is 1.35. The summed E-state index contributed by atoms with van der Waals surface area (Å²) in [6.07, 6.45) is 4.75. The Morgan fingerprint density at radius 1 is 1.44 bits per heavy atom. The van der Waals surface area contributed by atoms with Gasteiger partial charge in [0.15, 0.2) is 0 Å². The number of rotatable bonds is 8. The highest BCUT2D eigenvalue weighted by atomic mass is 16.5. The van der Waals surface area contributed by atoms with Crippen molar-refractivity contribution in [2.75, 3.05) is 19.8 Å². The molecule has 0 unspecified atom stereocenters. The van der Waals surface area contributed by atoms with Crippen LogP contribution >= 0.6 is 0 Å². The lowest BCUT2D eigenvalue weighted by Gasteiger charge is -2.07. The van der Waals surface area contributed by atoms with Gasteiger partial charge >= 0.3 is 0 Å². The Balaban J connectivity index is 1.93. The van der Waals surface area contributed by atoms with Crippen molar-refractivity contribution in [3.8, 4) is 0 Å². The topological polar surface area (TPSA) is 34.1 Å². The van der Waals surface area contributed by atoms with Crippen LogP contribution in [0, 0.1) is 5.92 Å². The fraction of sp³-hybridized carbons (Fsp3) is 0.615. The SMILES string of the molecule is CC(C)COCCCNCc1cccnc1. The van der Waals surface area contributed by atoms with E-state index in [1.165, 1.54) is 5.56 Å². The van der Waals surface area contributed by atoms with Gasteiger partial charge in [-0.2, -0.15) is 0 Å². The van der Waals surface area contributed by atoms with Crippen LogP contribution < -0.4 is 5.32 Å². The summed E-state index contributed by atoms with van der Waals surface area (Å²) in [6.45, 7) is 7.92. The average Bonchev–Trinajstić information content (AvgIpc) is 2.29. The van der Waals surface area contributed by atoms with Crippen molar-refractivity contribution < 1.29 is 4.74 Å². The molecule has 1 rings (SSSR count). The quantitative estimate of drug-likeness (QED) is 0.685. The lowest BCUT2D eigenvalue weighted by molar-refractivity contribution is 0.108. The van der Waals surface area contributed by atoms with E-state index in [1.54, 1.807) is 6.20 Å². The molecule has 0 saturated carbocycles. The third-order valence-electron chi connectivity index (χ3n) is 2.15. The number of aromatic nitrogens is 1. The molecule has 0 aliphatic carbocycles. The molecule has 1 heterocycles. The van der Waals surface area contributed by atoms with Crippen LogP contribution in [0.2, 0.25) is 0 Å². The van der Waals surface area contributed by atoms with Crippen LogP contribution in [0.15, 0.2) is 24.5 Å². The van der Waals surface area contributed by atoms with E-state index in [4.69, 9.17) is 4.74 Å². The van der Waals surface area contributed by atoms with Crippen LogP contribution in [0.1, 0.15) is 25.8 Å². The van der Waals surface area contributed by atoms with Gasteiger partial charge in [0, 0.05) is 32.2 Å². The number of pyridine rings is 1. The first kappa shape index (κ1) is 13.1. The number of hydrogen-bond donors (Lipinski definition) is 1. The summed E-state index contributed by atoms with van der Waals surface area (Å²) < 4.78 is 5.49. The summed E-state index contributed by atoms with van der Waals surface area (Å²) in [4.78, 5) is 4.07. The summed E-state index contributed by atoms with van der Waals surface area (Å²) >= 11 is 0. The molecule has 1 N–H and O–H groups in total. The lowest BCUT2D eigenvalue weighted by atomic mass is 10.2. The second-order valence-corrected chi connectivity index (χ2v) is 4.36. The van der Waals surface area contributed by atoms with Gasteiger partial charge in [-0.05, 0) is 30.5 Å². The molecule has 90 valence electrons. The molecule has 0 aliphatic heterocycles. The molecule has 0 aliphatic rings. The van der Waals surface area contributed by atoms with Crippen molar-refractivity contribution in [2.45, 2.75) is 26.8 Å². The highest BCUT2D eigenvalue weighted by Crippen LogP contribution is 1.95. The van der Waals surface area contributed by atoms with Gasteiger partial charge in [-0.3, -0.25) is 4.98 Å². The van der Waals surface area contributed by atoms with E-state index < -0.39 is 0 Å². The Kier molecular flexibility index (Phi) is 6.77. The maximum Gasteiger partial charge on any atom is 0.0489 e. The van der Waals surface area contributed by atoms with Crippen molar-refractivity contribution in [2.24, 2.45) is 5.92 Å². The van der Waals surface area contributed by atoms with Gasteiger partial charge in [0.2, 0.25) is 0 Å². The van der Waals surface area contributed by atoms with Crippen LogP contribution in [0.3, 0.4) is 0 Å². The molecule has 0 saturated heterocycles. The third kappa shape index (κ3) is 6.53. The molecule has 0 bridgehead atoms. The zero-order valence-corrected chi connectivity index (χ0v) is 10.3. The minimum absolute atomic E-state index is 0.628. The van der Waals surface area contributed by atoms with Gasteiger partial charge < -0.3 is 10.1 Å². The minimum Gasteiger partial charge on any atom is -0.381 e. The number of ether oxygens (including phenoxy) is 1. The molecule has 3 nitrogen and oxygen atoms in total. The predicted octanol–water partition coefficient (Wildman–Crippen LogP) is 2.23. The van der Waals surface area contributed by atoms with E-state index in [2.05, 4.69) is 30.2 Å². The second-order valence-electron chi connectivity index (χ2n) is 4.36. The molecule has 16 heavy (non-hydrogen) atoms. The summed E-state index contributed by atoms with van der Waals surface area (Å²) in [6, 6.07) is 4.04. The van der Waals surface area contributed by atoms with E-state index in [-0.39, 0.29) is 0 Å². The van der Waals surface area contributed by atoms with Crippen molar-refractivity contribution in [3.05, 3.63) is 30.1 Å². The minimum atomic E-state index is 0.628. The first-order valence-corrected chi connectivity index (χ1v) is 5.96. The van der Waals surface area contributed by atoms with E-state index in [1.807, 2.05) is 12.3 Å². The van der Waals surface area contributed by atoms with Crippen molar-refractivity contribution in [3.63, 3.8) is 0 Å². The Bertz CT molecular complexity index is 262. The predicted molar refractivity (Wildman–Crippen MR) is 66.2 cm³/mol. The maximum absolute atomic E-state index is 5.49. The molecule has 0 atom stereocenters. The maximum atomic E-state index is 5.49. The largest absolute Gasteiger partial charge is 0.381 e. The van der Waals surface area contributed by atoms with Gasteiger partial charge in [0.05, 0.1) is 0 Å². The van der Waals surface area contributed by atoms with Gasteiger partial charge in [0.25, 0.3) is 0 Å². The number of hydrogen-bond acceptors (Lipinski definition) is 3. The Labute approximate surface area is 98.2 Å². The van der Waals surface area contributed by atoms with E-state index in [9.17, 15) is 0 Å². The zero-order valence-electron chi connectivity index (χ0n) is 10.3. The third-order valence-corrected chi connectivity index (χ3v) is 2.15. The van der Waals surface area contributed by atoms with Crippen LogP contribution in [-0.4, -0.2) is 24.7 Å². The van der Waals surface area contributed by atoms with Crippen LogP contribution in [0.4, 0.5) is 0 Å². The molecule has 0 fully saturated rings. The van der Waals surface area contributed by atoms with Crippen LogP contribution in [-0.2, 0) is 11.3 Å². The molecule has 0 amide bonds. The number of nitrogens with one attached hydrogen (secondary N) is 1. The highest BCUT2D eigenvalue weighted by Gasteiger charge is 1.94. The standard InChI is InChI=1S/C13H22N2O/c1-12(2)11-16-8-4-7-15-10-13-5-3-6-14-9-13/h3,5-6,9,12,15H,4,7-8,10-11H2,1-2H3. The van der Waals surface area contributed by atoms with Gasteiger partial charge in [-0.15, -0.1) is 0 Å². The van der Waals surface area contributed by atoms with Crippen molar-refractivity contribution in [1.82, 2.24) is 10.3 Å². The summed E-state index contributed by atoms with van der Waals surface area (Å²) in [7, 11) is 0. The smallest absolute Gasteiger partial charge is 0.0489 e. The first-order valence-electron chi connectivity index (χ1n) is 5.96. The zero-order chi connectivity index (χ0) is 11.6. The summed E-state index contributed by atoms with van der Waals surface area (Å²) in [5.41, 5.74) is 1.23. The van der Waals surface area contributed by atoms with E-state index in [0.29, 0.717) is 5.92 Å². The second kappa shape index (κ2) is 8.25. The average molecular weight is 222 g/mol.